The number of aromatic nitrogens is 3. The van der Waals surface area contributed by atoms with E-state index < -0.39 is 5.97 Å². The van der Waals surface area contributed by atoms with Crippen molar-refractivity contribution in [2.24, 2.45) is 7.05 Å². The number of esters is 1. The minimum Gasteiger partial charge on any atom is -0.462 e. The molecule has 0 amide bonds. The first-order valence-electron chi connectivity index (χ1n) is 6.48. The number of hydrogen-bond donors (Lipinski definition) is 1. The number of hydrogen-bond acceptors (Lipinski definition) is 5. The number of anilines is 1. The first kappa shape index (κ1) is 14.0. The van der Waals surface area contributed by atoms with Gasteiger partial charge in [-0.05, 0) is 19.4 Å². The highest BCUT2D eigenvalue weighted by Crippen LogP contribution is 2.27. The van der Waals surface area contributed by atoms with Gasteiger partial charge in [0.25, 0.3) is 0 Å². The second-order valence-corrected chi connectivity index (χ2v) is 4.54. The summed E-state index contributed by atoms with van der Waals surface area (Å²) in [5, 5.41) is 8.10. The van der Waals surface area contributed by atoms with Gasteiger partial charge in [0.1, 0.15) is 5.82 Å². The highest BCUT2D eigenvalue weighted by atomic mass is 16.5. The zero-order valence-corrected chi connectivity index (χ0v) is 11.9. The molecule has 0 bridgehead atoms. The Balaban J connectivity index is 2.51. The van der Waals surface area contributed by atoms with Gasteiger partial charge in [-0.25, -0.2) is 4.79 Å². The number of ether oxygens (including phenoxy) is 1. The molecule has 1 aromatic heterocycles. The van der Waals surface area contributed by atoms with Gasteiger partial charge in [-0.3, -0.25) is 0 Å². The van der Waals surface area contributed by atoms with Gasteiger partial charge in [-0.2, -0.15) is 0 Å². The third-order valence-electron chi connectivity index (χ3n) is 3.07. The molecule has 0 unspecified atom stereocenters. The SMILES string of the molecule is CCCOC(=O)c1c(N)cccc1-c1nnc(C)n1C. The van der Waals surface area contributed by atoms with Crippen molar-refractivity contribution >= 4 is 11.7 Å². The second kappa shape index (κ2) is 5.73. The summed E-state index contributed by atoms with van der Waals surface area (Å²) >= 11 is 0. The summed E-state index contributed by atoms with van der Waals surface area (Å²) in [4.78, 5) is 12.2. The number of nitrogens with two attached hydrogens (primary N) is 1. The van der Waals surface area contributed by atoms with Crippen molar-refractivity contribution in [3.63, 3.8) is 0 Å². The van der Waals surface area contributed by atoms with Crippen LogP contribution in [0.15, 0.2) is 18.2 Å². The van der Waals surface area contributed by atoms with Gasteiger partial charge in [0, 0.05) is 18.3 Å². The summed E-state index contributed by atoms with van der Waals surface area (Å²) in [6.07, 6.45) is 0.761. The lowest BCUT2D eigenvalue weighted by molar-refractivity contribution is 0.0507. The maximum absolute atomic E-state index is 12.2. The first-order chi connectivity index (χ1) is 9.56. The summed E-state index contributed by atoms with van der Waals surface area (Å²) < 4.78 is 7.00. The molecule has 0 aliphatic rings. The number of rotatable bonds is 4. The van der Waals surface area contributed by atoms with Gasteiger partial charge >= 0.3 is 5.97 Å². The fraction of sp³-hybridized carbons (Fsp3) is 0.357. The quantitative estimate of drug-likeness (QED) is 0.680. The lowest BCUT2D eigenvalue weighted by Crippen LogP contribution is -2.11. The van der Waals surface area contributed by atoms with E-state index in [9.17, 15) is 4.79 Å². The predicted molar refractivity (Wildman–Crippen MR) is 76.2 cm³/mol. The molecule has 2 rings (SSSR count). The maximum Gasteiger partial charge on any atom is 0.340 e. The third kappa shape index (κ3) is 2.49. The van der Waals surface area contributed by atoms with Gasteiger partial charge in [0.05, 0.1) is 12.2 Å². The Hall–Kier alpha value is -2.37. The van der Waals surface area contributed by atoms with Gasteiger partial charge < -0.3 is 15.0 Å². The lowest BCUT2D eigenvalue weighted by Gasteiger charge is -2.11. The summed E-state index contributed by atoms with van der Waals surface area (Å²) in [5.41, 5.74) is 7.29. The molecule has 2 N–H and O–H groups in total. The van der Waals surface area contributed by atoms with E-state index in [1.165, 1.54) is 0 Å². The number of nitrogens with zero attached hydrogens (tertiary/aromatic N) is 3. The zero-order chi connectivity index (χ0) is 14.7. The fourth-order valence-corrected chi connectivity index (χ4v) is 1.89. The van der Waals surface area contributed by atoms with E-state index in [0.717, 1.165) is 12.2 Å². The molecule has 6 nitrogen and oxygen atoms in total. The number of benzene rings is 1. The minimum atomic E-state index is -0.430. The predicted octanol–water partition coefficient (Wildman–Crippen LogP) is 1.94. The molecule has 1 heterocycles. The third-order valence-corrected chi connectivity index (χ3v) is 3.07. The van der Waals surface area contributed by atoms with Gasteiger partial charge in [-0.1, -0.05) is 19.1 Å². The molecule has 0 aliphatic heterocycles. The molecule has 0 fully saturated rings. The standard InChI is InChI=1S/C14H18N4O2/c1-4-8-20-14(19)12-10(6-5-7-11(12)15)13-17-16-9(2)18(13)3/h5-7H,4,8,15H2,1-3H3. The Kier molecular flexibility index (Phi) is 4.02. The Morgan fingerprint density at radius 1 is 1.40 bits per heavy atom. The van der Waals surface area contributed by atoms with E-state index in [1.807, 2.05) is 25.5 Å². The van der Waals surface area contributed by atoms with Gasteiger partial charge in [0.15, 0.2) is 5.82 Å². The number of nitrogen functional groups attached to an aromatic ring is 1. The van der Waals surface area contributed by atoms with Gasteiger partial charge in [-0.15, -0.1) is 10.2 Å². The van der Waals surface area contributed by atoms with Crippen LogP contribution in [0.25, 0.3) is 11.4 Å². The van der Waals surface area contributed by atoms with Crippen molar-refractivity contribution in [3.05, 3.63) is 29.6 Å². The molecule has 20 heavy (non-hydrogen) atoms. The highest BCUT2D eigenvalue weighted by molar-refractivity contribution is 6.01. The van der Waals surface area contributed by atoms with Crippen molar-refractivity contribution in [2.75, 3.05) is 12.3 Å². The Labute approximate surface area is 117 Å². The molecule has 6 heteroatoms. The average molecular weight is 274 g/mol. The fourth-order valence-electron chi connectivity index (χ4n) is 1.89. The van der Waals surface area contributed by atoms with Crippen LogP contribution in [0.2, 0.25) is 0 Å². The summed E-state index contributed by atoms with van der Waals surface area (Å²) in [6, 6.07) is 5.25. The van der Waals surface area contributed by atoms with Gasteiger partial charge in [0.2, 0.25) is 0 Å². The second-order valence-electron chi connectivity index (χ2n) is 4.54. The van der Waals surface area contributed by atoms with Crippen LogP contribution in [0.3, 0.4) is 0 Å². The Morgan fingerprint density at radius 2 is 2.15 bits per heavy atom. The van der Waals surface area contributed by atoms with Crippen molar-refractivity contribution in [3.8, 4) is 11.4 Å². The van der Waals surface area contributed by atoms with Crippen LogP contribution in [0.1, 0.15) is 29.5 Å². The van der Waals surface area contributed by atoms with Crippen LogP contribution >= 0.6 is 0 Å². The Morgan fingerprint density at radius 3 is 2.75 bits per heavy atom. The monoisotopic (exact) mass is 274 g/mol. The average Bonchev–Trinajstić information content (AvgIpc) is 2.76. The topological polar surface area (TPSA) is 83.0 Å². The van der Waals surface area contributed by atoms with E-state index in [-0.39, 0.29) is 0 Å². The van der Waals surface area contributed by atoms with Crippen molar-refractivity contribution in [2.45, 2.75) is 20.3 Å². The maximum atomic E-state index is 12.2. The molecule has 0 aliphatic carbocycles. The number of carbonyl (C=O) groups is 1. The highest BCUT2D eigenvalue weighted by Gasteiger charge is 2.20. The summed E-state index contributed by atoms with van der Waals surface area (Å²) in [6.45, 7) is 4.15. The van der Waals surface area contributed by atoms with Crippen LogP contribution < -0.4 is 5.73 Å². The van der Waals surface area contributed by atoms with Crippen molar-refractivity contribution in [1.82, 2.24) is 14.8 Å². The van der Waals surface area contributed by atoms with Crippen molar-refractivity contribution in [1.29, 1.82) is 0 Å². The zero-order valence-electron chi connectivity index (χ0n) is 11.9. The van der Waals surface area contributed by atoms with Crippen LogP contribution in [-0.4, -0.2) is 27.3 Å². The number of carbonyl (C=O) groups excluding carboxylic acids is 1. The molecule has 1 aromatic carbocycles. The minimum absolute atomic E-state index is 0.344. The summed E-state index contributed by atoms with van der Waals surface area (Å²) in [5.74, 6) is 0.925. The van der Waals surface area contributed by atoms with Crippen LogP contribution in [-0.2, 0) is 11.8 Å². The Bertz CT molecular complexity index is 634. The normalized spacial score (nSPS) is 10.6. The summed E-state index contributed by atoms with van der Waals surface area (Å²) in [7, 11) is 1.84. The van der Waals surface area contributed by atoms with E-state index in [2.05, 4.69) is 10.2 Å². The molecule has 0 radical (unpaired) electrons. The molecule has 2 aromatic rings. The molecular weight excluding hydrogens is 256 g/mol. The first-order valence-corrected chi connectivity index (χ1v) is 6.48. The molecule has 0 atom stereocenters. The van der Waals surface area contributed by atoms with E-state index >= 15 is 0 Å². The van der Waals surface area contributed by atoms with Crippen LogP contribution in [0.4, 0.5) is 5.69 Å². The van der Waals surface area contributed by atoms with Crippen molar-refractivity contribution < 1.29 is 9.53 Å². The lowest BCUT2D eigenvalue weighted by atomic mass is 10.0. The molecular formula is C14H18N4O2. The van der Waals surface area contributed by atoms with Crippen LogP contribution in [0, 0.1) is 6.92 Å². The number of aryl methyl sites for hydroxylation is 1. The van der Waals surface area contributed by atoms with Crippen LogP contribution in [0.5, 0.6) is 0 Å². The molecule has 0 saturated heterocycles. The van der Waals surface area contributed by atoms with E-state index in [0.29, 0.717) is 29.2 Å². The molecule has 106 valence electrons. The van der Waals surface area contributed by atoms with E-state index in [1.54, 1.807) is 18.2 Å². The van der Waals surface area contributed by atoms with E-state index in [4.69, 9.17) is 10.5 Å². The molecule has 0 spiro atoms. The largest absolute Gasteiger partial charge is 0.462 e. The molecule has 0 saturated carbocycles. The smallest absolute Gasteiger partial charge is 0.340 e.